The molecule has 0 spiro atoms. The molecular formula is C15H14ClF2N. The predicted octanol–water partition coefficient (Wildman–Crippen LogP) is 4.24. The zero-order valence-electron chi connectivity index (χ0n) is 10.7. The Balaban J connectivity index is 2.55. The van der Waals surface area contributed by atoms with E-state index >= 15 is 0 Å². The van der Waals surface area contributed by atoms with Crippen molar-refractivity contribution in [3.05, 3.63) is 69.7 Å². The monoisotopic (exact) mass is 281 g/mol. The molecule has 4 heteroatoms. The van der Waals surface area contributed by atoms with Crippen LogP contribution in [0.4, 0.5) is 8.78 Å². The van der Waals surface area contributed by atoms with E-state index in [-0.39, 0.29) is 5.82 Å². The Morgan fingerprint density at radius 2 is 1.79 bits per heavy atom. The van der Waals surface area contributed by atoms with Crippen LogP contribution in [0.25, 0.3) is 0 Å². The lowest BCUT2D eigenvalue weighted by Crippen LogP contribution is -2.19. The summed E-state index contributed by atoms with van der Waals surface area (Å²) in [5.74, 6) is -0.738. The molecule has 2 aromatic rings. The van der Waals surface area contributed by atoms with Gasteiger partial charge in [-0.3, -0.25) is 0 Å². The van der Waals surface area contributed by atoms with Crippen molar-refractivity contribution in [3.8, 4) is 0 Å². The SMILES string of the molecule is CNC(c1cc(C)ccc1F)c1cc(F)ccc1Cl. The number of halogens is 3. The van der Waals surface area contributed by atoms with Crippen molar-refractivity contribution in [2.75, 3.05) is 7.05 Å². The first-order valence-electron chi connectivity index (χ1n) is 5.91. The highest BCUT2D eigenvalue weighted by atomic mass is 35.5. The van der Waals surface area contributed by atoms with E-state index < -0.39 is 11.9 Å². The number of rotatable bonds is 3. The maximum Gasteiger partial charge on any atom is 0.128 e. The van der Waals surface area contributed by atoms with Crippen molar-refractivity contribution in [2.45, 2.75) is 13.0 Å². The van der Waals surface area contributed by atoms with E-state index in [9.17, 15) is 8.78 Å². The van der Waals surface area contributed by atoms with Crippen LogP contribution in [-0.4, -0.2) is 7.05 Å². The summed E-state index contributed by atoms with van der Waals surface area (Å²) in [5, 5.41) is 3.38. The molecule has 0 aliphatic heterocycles. The van der Waals surface area contributed by atoms with Crippen LogP contribution in [0, 0.1) is 18.6 Å². The van der Waals surface area contributed by atoms with Gasteiger partial charge in [0.05, 0.1) is 6.04 Å². The van der Waals surface area contributed by atoms with Crippen LogP contribution in [-0.2, 0) is 0 Å². The number of hydrogen-bond donors (Lipinski definition) is 1. The minimum absolute atomic E-state index is 0.342. The van der Waals surface area contributed by atoms with Crippen molar-refractivity contribution in [3.63, 3.8) is 0 Å². The molecule has 2 aromatic carbocycles. The van der Waals surface area contributed by atoms with Gasteiger partial charge in [0.2, 0.25) is 0 Å². The largest absolute Gasteiger partial charge is 0.309 e. The average Bonchev–Trinajstić information content (AvgIpc) is 2.38. The lowest BCUT2D eigenvalue weighted by atomic mass is 9.96. The molecule has 0 fully saturated rings. The fourth-order valence-corrected chi connectivity index (χ4v) is 2.33. The zero-order valence-corrected chi connectivity index (χ0v) is 11.4. The molecule has 0 heterocycles. The molecule has 100 valence electrons. The smallest absolute Gasteiger partial charge is 0.128 e. The summed E-state index contributed by atoms with van der Waals surface area (Å²) in [4.78, 5) is 0. The van der Waals surface area contributed by atoms with Gasteiger partial charge in [0.15, 0.2) is 0 Å². The second kappa shape index (κ2) is 5.68. The van der Waals surface area contributed by atoms with Crippen LogP contribution in [0.2, 0.25) is 5.02 Å². The molecular weight excluding hydrogens is 268 g/mol. The summed E-state index contributed by atoms with van der Waals surface area (Å²) in [6.07, 6.45) is 0. The third-order valence-corrected chi connectivity index (χ3v) is 3.36. The highest BCUT2D eigenvalue weighted by Gasteiger charge is 2.19. The van der Waals surface area contributed by atoms with E-state index in [0.29, 0.717) is 16.1 Å². The fourth-order valence-electron chi connectivity index (χ4n) is 2.10. The molecule has 1 N–H and O–H groups in total. The van der Waals surface area contributed by atoms with Gasteiger partial charge in [0, 0.05) is 10.6 Å². The highest BCUT2D eigenvalue weighted by molar-refractivity contribution is 6.31. The Morgan fingerprint density at radius 3 is 2.47 bits per heavy atom. The van der Waals surface area contributed by atoms with Gasteiger partial charge in [-0.25, -0.2) is 8.78 Å². The topological polar surface area (TPSA) is 12.0 Å². The van der Waals surface area contributed by atoms with E-state index in [1.54, 1.807) is 19.2 Å². The van der Waals surface area contributed by atoms with Crippen LogP contribution in [0.1, 0.15) is 22.7 Å². The quantitative estimate of drug-likeness (QED) is 0.887. The second-order valence-electron chi connectivity index (χ2n) is 4.41. The predicted molar refractivity (Wildman–Crippen MR) is 73.4 cm³/mol. The molecule has 0 saturated heterocycles. The van der Waals surface area contributed by atoms with Crippen molar-refractivity contribution in [1.82, 2.24) is 5.32 Å². The maximum absolute atomic E-state index is 13.9. The van der Waals surface area contributed by atoms with Crippen LogP contribution in [0.5, 0.6) is 0 Å². The van der Waals surface area contributed by atoms with Crippen molar-refractivity contribution < 1.29 is 8.78 Å². The van der Waals surface area contributed by atoms with Crippen molar-refractivity contribution in [2.24, 2.45) is 0 Å². The van der Waals surface area contributed by atoms with E-state index in [1.165, 1.54) is 24.3 Å². The number of aryl methyl sites for hydroxylation is 1. The van der Waals surface area contributed by atoms with Crippen LogP contribution < -0.4 is 5.32 Å². The van der Waals surface area contributed by atoms with Gasteiger partial charge in [0.1, 0.15) is 11.6 Å². The molecule has 0 aromatic heterocycles. The third-order valence-electron chi connectivity index (χ3n) is 3.02. The maximum atomic E-state index is 13.9. The van der Waals surface area contributed by atoms with Gasteiger partial charge in [-0.15, -0.1) is 0 Å². The molecule has 2 rings (SSSR count). The molecule has 0 amide bonds. The van der Waals surface area contributed by atoms with Gasteiger partial charge in [-0.2, -0.15) is 0 Å². The Bertz CT molecular complexity index is 547. The molecule has 0 aliphatic rings. The van der Waals surface area contributed by atoms with Gasteiger partial charge >= 0.3 is 0 Å². The summed E-state index contributed by atoms with van der Waals surface area (Å²) >= 11 is 6.08. The first kappa shape index (κ1) is 14.0. The Morgan fingerprint density at radius 1 is 1.05 bits per heavy atom. The summed E-state index contributed by atoms with van der Waals surface area (Å²) < 4.78 is 27.3. The lowest BCUT2D eigenvalue weighted by molar-refractivity contribution is 0.571. The number of nitrogens with one attached hydrogen (secondary N) is 1. The van der Waals surface area contributed by atoms with Crippen LogP contribution in [0.3, 0.4) is 0 Å². The van der Waals surface area contributed by atoms with Crippen LogP contribution >= 0.6 is 11.6 Å². The minimum atomic E-state index is -0.483. The number of benzene rings is 2. The van der Waals surface area contributed by atoms with E-state index in [2.05, 4.69) is 5.32 Å². The average molecular weight is 282 g/mol. The number of hydrogen-bond acceptors (Lipinski definition) is 1. The molecule has 0 radical (unpaired) electrons. The molecule has 0 bridgehead atoms. The lowest BCUT2D eigenvalue weighted by Gasteiger charge is -2.19. The first-order chi connectivity index (χ1) is 9.02. The van der Waals surface area contributed by atoms with E-state index in [4.69, 9.17) is 11.6 Å². The molecule has 1 unspecified atom stereocenters. The Kier molecular flexibility index (Phi) is 4.17. The first-order valence-corrected chi connectivity index (χ1v) is 6.29. The second-order valence-corrected chi connectivity index (χ2v) is 4.82. The summed E-state index contributed by atoms with van der Waals surface area (Å²) in [6, 6.07) is 8.43. The van der Waals surface area contributed by atoms with E-state index in [0.717, 1.165) is 5.56 Å². The van der Waals surface area contributed by atoms with Gasteiger partial charge in [-0.05, 0) is 43.8 Å². The van der Waals surface area contributed by atoms with E-state index in [1.807, 2.05) is 6.92 Å². The molecule has 1 nitrogen and oxygen atoms in total. The summed E-state index contributed by atoms with van der Waals surface area (Å²) in [6.45, 7) is 1.88. The molecule has 19 heavy (non-hydrogen) atoms. The molecule has 0 saturated carbocycles. The Labute approximate surface area is 116 Å². The van der Waals surface area contributed by atoms with Gasteiger partial charge < -0.3 is 5.32 Å². The highest BCUT2D eigenvalue weighted by Crippen LogP contribution is 2.30. The molecule has 1 atom stereocenters. The normalized spacial score (nSPS) is 12.5. The van der Waals surface area contributed by atoms with Crippen molar-refractivity contribution in [1.29, 1.82) is 0 Å². The minimum Gasteiger partial charge on any atom is -0.309 e. The van der Waals surface area contributed by atoms with Gasteiger partial charge in [0.25, 0.3) is 0 Å². The summed E-state index contributed by atoms with van der Waals surface area (Å²) in [5.41, 5.74) is 1.91. The summed E-state index contributed by atoms with van der Waals surface area (Å²) in [7, 11) is 1.69. The standard InChI is InChI=1S/C15H14ClF2N/c1-9-3-6-14(18)12(7-9)15(19-2)11-8-10(17)4-5-13(11)16/h3-8,15,19H,1-2H3. The van der Waals surface area contributed by atoms with Gasteiger partial charge in [-0.1, -0.05) is 29.3 Å². The molecule has 0 aliphatic carbocycles. The zero-order chi connectivity index (χ0) is 14.0. The third kappa shape index (κ3) is 2.94. The van der Waals surface area contributed by atoms with Crippen molar-refractivity contribution >= 4 is 11.6 Å². The Hall–Kier alpha value is -1.45. The van der Waals surface area contributed by atoms with Crippen LogP contribution in [0.15, 0.2) is 36.4 Å². The fraction of sp³-hybridized carbons (Fsp3) is 0.200.